The van der Waals surface area contributed by atoms with Crippen LogP contribution in [0.25, 0.3) is 0 Å². The number of aromatic amines is 1. The summed E-state index contributed by atoms with van der Waals surface area (Å²) < 4.78 is 82.0. The number of rotatable bonds is 5. The molecule has 0 bridgehead atoms. The molecule has 7 nitrogen and oxygen atoms in total. The fourth-order valence-electron chi connectivity index (χ4n) is 2.77. The maximum atomic E-state index is 12.8. The van der Waals surface area contributed by atoms with E-state index in [2.05, 4.69) is 25.8 Å². The number of guanidine groups is 1. The quantitative estimate of drug-likeness (QED) is 0.273. The zero-order valence-corrected chi connectivity index (χ0v) is 17.4. The highest BCUT2D eigenvalue weighted by molar-refractivity contribution is 6.06. The SMILES string of the molecule is COc1ccccc1CN/C(=N/C(=O)c1ccc(C(F)(F)F)cc1)Nc1cc(C(F)(F)F)n[nH]1. The number of nitrogens with one attached hydrogen (secondary N) is 3. The molecule has 0 aliphatic rings. The van der Waals surface area contributed by atoms with E-state index >= 15 is 0 Å². The van der Waals surface area contributed by atoms with Crippen molar-refractivity contribution in [1.29, 1.82) is 0 Å². The molecule has 0 fully saturated rings. The van der Waals surface area contributed by atoms with Crippen molar-refractivity contribution in [3.8, 4) is 5.75 Å². The zero-order chi connectivity index (χ0) is 24.9. The summed E-state index contributed by atoms with van der Waals surface area (Å²) in [6.07, 6.45) is -9.28. The summed E-state index contributed by atoms with van der Waals surface area (Å²) in [5.74, 6) is -0.921. The van der Waals surface area contributed by atoms with E-state index in [1.165, 1.54) is 7.11 Å². The van der Waals surface area contributed by atoms with Crippen molar-refractivity contribution < 1.29 is 35.9 Å². The minimum Gasteiger partial charge on any atom is -0.496 e. The molecular formula is C21H17F6N5O2. The van der Waals surface area contributed by atoms with Gasteiger partial charge in [0.2, 0.25) is 5.96 Å². The van der Waals surface area contributed by atoms with E-state index in [1.807, 2.05) is 0 Å². The molecule has 0 unspecified atom stereocenters. The first-order chi connectivity index (χ1) is 16.0. The average molecular weight is 485 g/mol. The minimum atomic E-state index is -4.70. The van der Waals surface area contributed by atoms with E-state index in [0.29, 0.717) is 17.4 Å². The van der Waals surface area contributed by atoms with Gasteiger partial charge in [0.25, 0.3) is 5.91 Å². The summed E-state index contributed by atoms with van der Waals surface area (Å²) in [4.78, 5) is 16.3. The highest BCUT2D eigenvalue weighted by atomic mass is 19.4. The lowest BCUT2D eigenvalue weighted by molar-refractivity contribution is -0.141. The Morgan fingerprint density at radius 1 is 1.03 bits per heavy atom. The van der Waals surface area contributed by atoms with Crippen LogP contribution in [0.1, 0.15) is 27.2 Å². The monoisotopic (exact) mass is 485 g/mol. The average Bonchev–Trinajstić information content (AvgIpc) is 3.26. The summed E-state index contributed by atoms with van der Waals surface area (Å²) in [5.41, 5.74) is -1.67. The van der Waals surface area contributed by atoms with Crippen molar-refractivity contribution in [3.05, 3.63) is 77.0 Å². The number of halogens is 6. The molecule has 13 heteroatoms. The van der Waals surface area contributed by atoms with Crippen molar-refractivity contribution in [1.82, 2.24) is 15.5 Å². The van der Waals surface area contributed by atoms with E-state index < -0.39 is 29.5 Å². The molecular weight excluding hydrogens is 468 g/mol. The van der Waals surface area contributed by atoms with E-state index in [0.717, 1.165) is 24.3 Å². The Hall–Kier alpha value is -4.03. The van der Waals surface area contributed by atoms with Gasteiger partial charge in [-0.25, -0.2) is 0 Å². The number of para-hydroxylation sites is 1. The van der Waals surface area contributed by atoms with Gasteiger partial charge in [0.05, 0.1) is 12.7 Å². The smallest absolute Gasteiger partial charge is 0.435 e. The van der Waals surface area contributed by atoms with Crippen LogP contribution in [0.3, 0.4) is 0 Å². The predicted molar refractivity (Wildman–Crippen MR) is 110 cm³/mol. The van der Waals surface area contributed by atoms with Gasteiger partial charge in [-0.2, -0.15) is 36.4 Å². The lowest BCUT2D eigenvalue weighted by Crippen LogP contribution is -2.31. The van der Waals surface area contributed by atoms with Crippen LogP contribution in [0.2, 0.25) is 0 Å². The fraction of sp³-hybridized carbons (Fsp3) is 0.190. The lowest BCUT2D eigenvalue weighted by atomic mass is 10.1. The second-order valence-electron chi connectivity index (χ2n) is 6.80. The number of ether oxygens (including phenoxy) is 1. The number of carbonyl (C=O) groups excluding carboxylic acids is 1. The normalized spacial score (nSPS) is 12.4. The number of anilines is 1. The van der Waals surface area contributed by atoms with Crippen molar-refractivity contribution in [2.75, 3.05) is 12.4 Å². The first-order valence-corrected chi connectivity index (χ1v) is 9.53. The van der Waals surface area contributed by atoms with Gasteiger partial charge in [-0.1, -0.05) is 18.2 Å². The molecule has 0 saturated carbocycles. The highest BCUT2D eigenvalue weighted by Gasteiger charge is 2.34. The topological polar surface area (TPSA) is 91.4 Å². The Balaban J connectivity index is 1.86. The first kappa shape index (κ1) is 24.6. The number of carbonyl (C=O) groups is 1. The standard InChI is InChI=1S/C21H17F6N5O2/c1-34-15-5-3-2-4-13(15)11-28-19(29-17-10-16(31-32-17)21(25,26)27)30-18(33)12-6-8-14(9-7-12)20(22,23)24/h2-10H,11H2,1H3,(H3,28,29,30,31,32,33). The Labute approximate surface area is 188 Å². The van der Waals surface area contributed by atoms with E-state index in [4.69, 9.17) is 4.74 Å². The molecule has 3 rings (SSSR count). The predicted octanol–water partition coefficient (Wildman–Crippen LogP) is 4.85. The maximum Gasteiger partial charge on any atom is 0.435 e. The lowest BCUT2D eigenvalue weighted by Gasteiger charge is -2.13. The number of amides is 1. The van der Waals surface area contributed by atoms with Crippen molar-refractivity contribution in [3.63, 3.8) is 0 Å². The molecule has 1 heterocycles. The largest absolute Gasteiger partial charge is 0.496 e. The zero-order valence-electron chi connectivity index (χ0n) is 17.4. The van der Waals surface area contributed by atoms with Gasteiger partial charge in [-0.3, -0.25) is 9.89 Å². The number of benzene rings is 2. The third kappa shape index (κ3) is 6.27. The molecule has 1 amide bonds. The van der Waals surface area contributed by atoms with Crippen molar-refractivity contribution in [2.45, 2.75) is 18.9 Å². The Morgan fingerprint density at radius 3 is 2.29 bits per heavy atom. The van der Waals surface area contributed by atoms with Crippen LogP contribution >= 0.6 is 0 Å². The highest BCUT2D eigenvalue weighted by Crippen LogP contribution is 2.30. The van der Waals surface area contributed by atoms with Gasteiger partial charge in [-0.15, -0.1) is 0 Å². The Bertz CT molecular complexity index is 1170. The molecule has 3 N–H and O–H groups in total. The number of hydrogen-bond donors (Lipinski definition) is 3. The number of aromatic nitrogens is 2. The molecule has 0 atom stereocenters. The van der Waals surface area contributed by atoms with Crippen LogP contribution in [0.5, 0.6) is 5.75 Å². The second kappa shape index (κ2) is 9.85. The van der Waals surface area contributed by atoms with Crippen LogP contribution in [0.4, 0.5) is 32.2 Å². The van der Waals surface area contributed by atoms with E-state index in [-0.39, 0.29) is 23.9 Å². The van der Waals surface area contributed by atoms with E-state index in [9.17, 15) is 31.1 Å². The molecule has 34 heavy (non-hydrogen) atoms. The molecule has 180 valence electrons. The third-order valence-corrected chi connectivity index (χ3v) is 4.43. The van der Waals surface area contributed by atoms with Crippen LogP contribution in [0, 0.1) is 0 Å². The van der Waals surface area contributed by atoms with Gasteiger partial charge in [0, 0.05) is 23.7 Å². The summed E-state index contributed by atoms with van der Waals surface area (Å²) >= 11 is 0. The minimum absolute atomic E-state index is 0.0520. The Kier molecular flexibility index (Phi) is 7.13. The number of H-pyrrole nitrogens is 1. The van der Waals surface area contributed by atoms with Crippen LogP contribution < -0.4 is 15.4 Å². The van der Waals surface area contributed by atoms with Gasteiger partial charge >= 0.3 is 12.4 Å². The molecule has 2 aromatic carbocycles. The molecule has 0 radical (unpaired) electrons. The number of methoxy groups -OCH3 is 1. The Morgan fingerprint density at radius 2 is 1.71 bits per heavy atom. The number of aliphatic imine (C=N–C) groups is 1. The molecule has 0 aliphatic heterocycles. The molecule has 3 aromatic rings. The number of alkyl halides is 6. The summed E-state index contributed by atoms with van der Waals surface area (Å²) in [7, 11) is 1.45. The molecule has 0 saturated heterocycles. The van der Waals surface area contributed by atoms with Crippen LogP contribution in [-0.4, -0.2) is 29.2 Å². The van der Waals surface area contributed by atoms with Gasteiger partial charge in [-0.05, 0) is 30.3 Å². The molecule has 0 aliphatic carbocycles. The summed E-state index contributed by atoms with van der Waals surface area (Å²) in [6, 6.07) is 10.9. The first-order valence-electron chi connectivity index (χ1n) is 9.53. The van der Waals surface area contributed by atoms with Gasteiger partial charge in [0.1, 0.15) is 11.6 Å². The van der Waals surface area contributed by atoms with Gasteiger partial charge in [0.15, 0.2) is 5.69 Å². The van der Waals surface area contributed by atoms with E-state index in [1.54, 1.807) is 24.3 Å². The van der Waals surface area contributed by atoms with Crippen LogP contribution in [0.15, 0.2) is 59.6 Å². The molecule has 1 aromatic heterocycles. The number of nitrogens with zero attached hydrogens (tertiary/aromatic N) is 2. The third-order valence-electron chi connectivity index (χ3n) is 4.43. The summed E-state index contributed by atoms with van der Waals surface area (Å²) in [6.45, 7) is 0.0520. The fourth-order valence-corrected chi connectivity index (χ4v) is 2.77. The summed E-state index contributed by atoms with van der Waals surface area (Å²) in [5, 5.41) is 10.6. The maximum absolute atomic E-state index is 12.8. The molecule has 0 spiro atoms. The van der Waals surface area contributed by atoms with Crippen LogP contribution in [-0.2, 0) is 18.9 Å². The van der Waals surface area contributed by atoms with Crippen molar-refractivity contribution in [2.24, 2.45) is 4.99 Å². The van der Waals surface area contributed by atoms with Crippen molar-refractivity contribution >= 4 is 17.7 Å². The van der Waals surface area contributed by atoms with Gasteiger partial charge < -0.3 is 15.4 Å². The number of hydrogen-bond acceptors (Lipinski definition) is 3. The second-order valence-corrected chi connectivity index (χ2v) is 6.80.